The summed E-state index contributed by atoms with van der Waals surface area (Å²) < 4.78 is 1.82. The maximum absolute atomic E-state index is 12.3. The fraction of sp³-hybridized carbons (Fsp3) is 0.0800. The SMILES string of the molecule is Cc1nn(-c2ccccc2)c(C)c1N=Nc1ccc(C(=O)N/N=C/c2cccc([N+](=O)[O-])c2)cc1. The summed E-state index contributed by atoms with van der Waals surface area (Å²) in [6, 6.07) is 22.3. The maximum Gasteiger partial charge on any atom is 0.271 e. The van der Waals surface area contributed by atoms with Crippen LogP contribution >= 0.6 is 0 Å². The summed E-state index contributed by atoms with van der Waals surface area (Å²) in [4.78, 5) is 22.7. The second-order valence-corrected chi connectivity index (χ2v) is 7.56. The van der Waals surface area contributed by atoms with Crippen molar-refractivity contribution in [1.82, 2.24) is 15.2 Å². The van der Waals surface area contributed by atoms with Crippen molar-refractivity contribution in [2.45, 2.75) is 13.8 Å². The second-order valence-electron chi connectivity index (χ2n) is 7.56. The standard InChI is InChI=1S/C25H21N7O3/c1-17-24(18(2)31(30-17)22-8-4-3-5-9-22)28-27-21-13-11-20(12-14-21)25(33)29-26-16-19-7-6-10-23(15-19)32(34)35/h3-16H,1-2H3,(H,29,33)/b26-16+,28-27?. The van der Waals surface area contributed by atoms with E-state index in [1.54, 1.807) is 36.4 Å². The zero-order valence-electron chi connectivity index (χ0n) is 19.0. The number of benzene rings is 3. The molecule has 0 bridgehead atoms. The van der Waals surface area contributed by atoms with Crippen molar-refractivity contribution in [3.63, 3.8) is 0 Å². The number of nitro benzene ring substituents is 1. The van der Waals surface area contributed by atoms with Crippen LogP contribution in [0.25, 0.3) is 5.69 Å². The van der Waals surface area contributed by atoms with Crippen LogP contribution in [0.2, 0.25) is 0 Å². The lowest BCUT2D eigenvalue weighted by atomic mass is 10.2. The van der Waals surface area contributed by atoms with Gasteiger partial charge in [0.05, 0.1) is 33.9 Å². The topological polar surface area (TPSA) is 127 Å². The Morgan fingerprint density at radius 3 is 2.46 bits per heavy atom. The Bertz CT molecular complexity index is 1430. The highest BCUT2D eigenvalue weighted by molar-refractivity contribution is 5.95. The molecule has 0 saturated heterocycles. The van der Waals surface area contributed by atoms with Gasteiger partial charge in [-0.25, -0.2) is 10.1 Å². The van der Waals surface area contributed by atoms with Gasteiger partial charge in [-0.15, -0.1) is 5.11 Å². The van der Waals surface area contributed by atoms with Gasteiger partial charge in [0.1, 0.15) is 5.69 Å². The predicted molar refractivity (Wildman–Crippen MR) is 132 cm³/mol. The first kappa shape index (κ1) is 23.2. The molecule has 0 spiro atoms. The molecule has 0 unspecified atom stereocenters. The van der Waals surface area contributed by atoms with Crippen molar-refractivity contribution >= 4 is 29.2 Å². The minimum atomic E-state index is -0.493. The summed E-state index contributed by atoms with van der Waals surface area (Å²) in [6.45, 7) is 3.81. The second kappa shape index (κ2) is 10.3. The highest BCUT2D eigenvalue weighted by Gasteiger charge is 2.12. The molecule has 1 N–H and O–H groups in total. The van der Waals surface area contributed by atoms with Crippen molar-refractivity contribution in [2.24, 2.45) is 15.3 Å². The van der Waals surface area contributed by atoms with E-state index in [4.69, 9.17) is 0 Å². The minimum absolute atomic E-state index is 0.0529. The Balaban J connectivity index is 1.41. The number of hydrogen-bond acceptors (Lipinski definition) is 7. The van der Waals surface area contributed by atoms with Gasteiger partial charge in [-0.2, -0.15) is 15.3 Å². The van der Waals surface area contributed by atoms with Gasteiger partial charge in [0, 0.05) is 23.3 Å². The fourth-order valence-electron chi connectivity index (χ4n) is 3.34. The molecule has 3 aromatic carbocycles. The van der Waals surface area contributed by atoms with E-state index in [1.807, 2.05) is 48.9 Å². The van der Waals surface area contributed by atoms with Crippen molar-refractivity contribution in [3.05, 3.63) is 111 Å². The van der Waals surface area contributed by atoms with Crippen LogP contribution in [0.1, 0.15) is 27.3 Å². The molecule has 0 fully saturated rings. The molecule has 0 saturated carbocycles. The molecule has 4 aromatic rings. The van der Waals surface area contributed by atoms with Crippen molar-refractivity contribution in [3.8, 4) is 5.69 Å². The zero-order valence-corrected chi connectivity index (χ0v) is 19.0. The number of nitro groups is 1. The van der Waals surface area contributed by atoms with Gasteiger partial charge in [-0.3, -0.25) is 14.9 Å². The smallest absolute Gasteiger partial charge is 0.267 e. The summed E-state index contributed by atoms with van der Waals surface area (Å²) in [5.74, 6) is -0.425. The monoisotopic (exact) mass is 467 g/mol. The molecule has 0 aliphatic rings. The molecule has 35 heavy (non-hydrogen) atoms. The normalized spacial score (nSPS) is 11.3. The van der Waals surface area contributed by atoms with Gasteiger partial charge < -0.3 is 0 Å². The number of azo groups is 1. The number of nitrogens with one attached hydrogen (secondary N) is 1. The molecule has 1 amide bonds. The third kappa shape index (κ3) is 5.50. The first-order valence-corrected chi connectivity index (χ1v) is 10.6. The molecule has 10 nitrogen and oxygen atoms in total. The lowest BCUT2D eigenvalue weighted by Gasteiger charge is -2.03. The summed E-state index contributed by atoms with van der Waals surface area (Å²) in [5.41, 5.74) is 7.06. The van der Waals surface area contributed by atoms with E-state index in [0.717, 1.165) is 17.1 Å². The Morgan fingerprint density at radius 2 is 1.74 bits per heavy atom. The number of non-ortho nitro benzene ring substituents is 1. The number of aromatic nitrogens is 2. The number of hydrazone groups is 1. The van der Waals surface area contributed by atoms with Gasteiger partial charge in [0.25, 0.3) is 11.6 Å². The van der Waals surface area contributed by atoms with E-state index in [-0.39, 0.29) is 5.69 Å². The highest BCUT2D eigenvalue weighted by atomic mass is 16.6. The summed E-state index contributed by atoms with van der Waals surface area (Å²) >= 11 is 0. The van der Waals surface area contributed by atoms with E-state index in [2.05, 4.69) is 25.9 Å². The number of hydrogen-bond donors (Lipinski definition) is 1. The van der Waals surface area contributed by atoms with Crippen LogP contribution in [0.4, 0.5) is 17.1 Å². The Hall–Kier alpha value is -4.99. The Morgan fingerprint density at radius 1 is 1.00 bits per heavy atom. The molecule has 0 atom stereocenters. The number of para-hydroxylation sites is 1. The van der Waals surface area contributed by atoms with E-state index in [0.29, 0.717) is 22.5 Å². The Labute approximate surface area is 200 Å². The average molecular weight is 467 g/mol. The van der Waals surface area contributed by atoms with Gasteiger partial charge in [0.2, 0.25) is 0 Å². The van der Waals surface area contributed by atoms with Crippen LogP contribution in [-0.2, 0) is 0 Å². The van der Waals surface area contributed by atoms with E-state index >= 15 is 0 Å². The minimum Gasteiger partial charge on any atom is -0.267 e. The molecule has 10 heteroatoms. The van der Waals surface area contributed by atoms with Crippen molar-refractivity contribution < 1.29 is 9.72 Å². The third-order valence-corrected chi connectivity index (χ3v) is 5.11. The van der Waals surface area contributed by atoms with E-state index < -0.39 is 10.8 Å². The first-order chi connectivity index (χ1) is 16.9. The number of amides is 1. The molecule has 174 valence electrons. The average Bonchev–Trinajstić information content (AvgIpc) is 3.16. The van der Waals surface area contributed by atoms with Crippen LogP contribution in [0.5, 0.6) is 0 Å². The number of nitrogens with zero attached hydrogens (tertiary/aromatic N) is 6. The van der Waals surface area contributed by atoms with E-state index in [1.165, 1.54) is 18.3 Å². The predicted octanol–water partition coefficient (Wildman–Crippen LogP) is 5.58. The van der Waals surface area contributed by atoms with Crippen LogP contribution < -0.4 is 5.43 Å². The largest absolute Gasteiger partial charge is 0.271 e. The van der Waals surface area contributed by atoms with Gasteiger partial charge in [-0.05, 0) is 50.2 Å². The highest BCUT2D eigenvalue weighted by Crippen LogP contribution is 2.27. The lowest BCUT2D eigenvalue weighted by Crippen LogP contribution is -2.17. The van der Waals surface area contributed by atoms with Crippen molar-refractivity contribution in [1.29, 1.82) is 0 Å². The molecule has 0 radical (unpaired) electrons. The van der Waals surface area contributed by atoms with Crippen LogP contribution in [0, 0.1) is 24.0 Å². The lowest BCUT2D eigenvalue weighted by molar-refractivity contribution is -0.384. The molecule has 1 aromatic heterocycles. The third-order valence-electron chi connectivity index (χ3n) is 5.11. The number of carbonyl (C=O) groups excluding carboxylic acids is 1. The van der Waals surface area contributed by atoms with Gasteiger partial charge >= 0.3 is 0 Å². The van der Waals surface area contributed by atoms with Crippen molar-refractivity contribution in [2.75, 3.05) is 0 Å². The molecular weight excluding hydrogens is 446 g/mol. The number of rotatable bonds is 7. The van der Waals surface area contributed by atoms with Gasteiger partial charge in [0.15, 0.2) is 0 Å². The number of carbonyl (C=O) groups is 1. The molecule has 0 aliphatic heterocycles. The summed E-state index contributed by atoms with van der Waals surface area (Å²) in [7, 11) is 0. The van der Waals surface area contributed by atoms with Crippen LogP contribution in [0.15, 0.2) is 94.2 Å². The molecule has 4 rings (SSSR count). The zero-order chi connectivity index (χ0) is 24.8. The molecule has 0 aliphatic carbocycles. The Kier molecular flexibility index (Phi) is 6.82. The maximum atomic E-state index is 12.3. The quantitative estimate of drug-likeness (QED) is 0.165. The molecule has 1 heterocycles. The summed E-state index contributed by atoms with van der Waals surface area (Å²) in [5, 5.41) is 27.9. The first-order valence-electron chi connectivity index (χ1n) is 10.6. The van der Waals surface area contributed by atoms with Crippen LogP contribution in [-0.4, -0.2) is 26.8 Å². The molecular formula is C25H21N7O3. The van der Waals surface area contributed by atoms with Crippen LogP contribution in [0.3, 0.4) is 0 Å². The summed E-state index contributed by atoms with van der Waals surface area (Å²) in [6.07, 6.45) is 1.34. The van der Waals surface area contributed by atoms with E-state index in [9.17, 15) is 14.9 Å². The fourth-order valence-corrected chi connectivity index (χ4v) is 3.34. The number of aryl methyl sites for hydroxylation is 1. The van der Waals surface area contributed by atoms with Gasteiger partial charge in [-0.1, -0.05) is 30.3 Å².